The summed E-state index contributed by atoms with van der Waals surface area (Å²) in [5.74, 6) is 2.13. The average Bonchev–Trinajstić information content (AvgIpc) is 1.97. The topological polar surface area (TPSA) is 38.3 Å². The van der Waals surface area contributed by atoms with E-state index in [1.165, 1.54) is 0 Å². The normalized spacial score (nSPS) is 9.27. The van der Waals surface area contributed by atoms with Gasteiger partial charge in [0.25, 0.3) is 0 Å². The van der Waals surface area contributed by atoms with Crippen molar-refractivity contribution in [2.24, 2.45) is 0 Å². The summed E-state index contributed by atoms with van der Waals surface area (Å²) in [6, 6.07) is 0. The maximum atomic E-state index is 10.8. The smallest absolute Gasteiger partial charge is 0.246 e. The van der Waals surface area contributed by atoms with Gasteiger partial charge in [-0.1, -0.05) is 5.92 Å². The molecule has 11 heavy (non-hydrogen) atoms. The van der Waals surface area contributed by atoms with Gasteiger partial charge in [-0.05, 0) is 13.8 Å². The summed E-state index contributed by atoms with van der Waals surface area (Å²) in [5, 5.41) is 2.49. The molecule has 0 aromatic rings. The van der Waals surface area contributed by atoms with E-state index in [-0.39, 0.29) is 25.2 Å². The third-order valence-electron chi connectivity index (χ3n) is 0.935. The second-order valence-corrected chi connectivity index (χ2v) is 2.34. The summed E-state index contributed by atoms with van der Waals surface area (Å²) in [6.45, 7) is 4.09. The van der Waals surface area contributed by atoms with E-state index in [9.17, 15) is 4.79 Å². The predicted octanol–water partition coefficient (Wildman–Crippen LogP) is 0.161. The zero-order valence-corrected chi connectivity index (χ0v) is 6.89. The Hall–Kier alpha value is -1.01. The Morgan fingerprint density at radius 1 is 1.73 bits per heavy atom. The van der Waals surface area contributed by atoms with E-state index < -0.39 is 0 Å². The molecule has 0 rings (SSSR count). The van der Waals surface area contributed by atoms with E-state index in [4.69, 9.17) is 11.2 Å². The van der Waals surface area contributed by atoms with Gasteiger partial charge in [0.1, 0.15) is 6.61 Å². The predicted molar refractivity (Wildman–Crippen MR) is 42.9 cm³/mol. The molecular formula is C8H13NO2. The minimum absolute atomic E-state index is 0.0755. The van der Waals surface area contributed by atoms with Crippen molar-refractivity contribution in [2.45, 2.75) is 20.0 Å². The fourth-order valence-corrected chi connectivity index (χ4v) is 0.443. The standard InChI is InChI=1S/C8H13NO2/c1-4-5-9-8(10)6-11-7(2)3/h1,7H,5-6H2,2-3H3,(H,9,10). The molecule has 0 heterocycles. The number of carbonyl (C=O) groups excluding carboxylic acids is 1. The number of rotatable bonds is 4. The molecule has 0 saturated heterocycles. The Bertz CT molecular complexity index is 158. The molecule has 0 saturated carbocycles. The highest BCUT2D eigenvalue weighted by molar-refractivity contribution is 5.77. The van der Waals surface area contributed by atoms with Crippen molar-refractivity contribution < 1.29 is 9.53 Å². The highest BCUT2D eigenvalue weighted by Gasteiger charge is 2.00. The molecule has 0 unspecified atom stereocenters. The Morgan fingerprint density at radius 2 is 2.36 bits per heavy atom. The van der Waals surface area contributed by atoms with Crippen LogP contribution in [-0.4, -0.2) is 25.2 Å². The molecule has 0 bridgehead atoms. The number of hydrogen-bond acceptors (Lipinski definition) is 2. The van der Waals surface area contributed by atoms with E-state index in [0.717, 1.165) is 0 Å². The van der Waals surface area contributed by atoms with Gasteiger partial charge in [-0.2, -0.15) is 0 Å². The molecule has 62 valence electrons. The van der Waals surface area contributed by atoms with Gasteiger partial charge in [-0.3, -0.25) is 4.79 Å². The molecule has 0 aliphatic heterocycles. The molecule has 0 radical (unpaired) electrons. The van der Waals surface area contributed by atoms with Crippen LogP contribution in [0.4, 0.5) is 0 Å². The highest BCUT2D eigenvalue weighted by atomic mass is 16.5. The van der Waals surface area contributed by atoms with Crippen LogP contribution in [0, 0.1) is 12.3 Å². The lowest BCUT2D eigenvalue weighted by molar-refractivity contribution is -0.126. The van der Waals surface area contributed by atoms with E-state index in [1.807, 2.05) is 13.8 Å². The molecule has 0 aliphatic carbocycles. The largest absolute Gasteiger partial charge is 0.369 e. The SMILES string of the molecule is C#CCNC(=O)COC(C)C. The van der Waals surface area contributed by atoms with Crippen molar-refractivity contribution in [1.82, 2.24) is 5.32 Å². The van der Waals surface area contributed by atoms with Gasteiger partial charge in [-0.15, -0.1) is 6.42 Å². The number of ether oxygens (including phenoxy) is 1. The van der Waals surface area contributed by atoms with Crippen LogP contribution in [0.15, 0.2) is 0 Å². The van der Waals surface area contributed by atoms with Crippen LogP contribution in [0.2, 0.25) is 0 Å². The number of amides is 1. The van der Waals surface area contributed by atoms with Gasteiger partial charge < -0.3 is 10.1 Å². The Morgan fingerprint density at radius 3 is 2.82 bits per heavy atom. The summed E-state index contributed by atoms with van der Waals surface area (Å²) in [6.07, 6.45) is 5.00. The summed E-state index contributed by atoms with van der Waals surface area (Å²) in [4.78, 5) is 10.8. The van der Waals surface area contributed by atoms with Crippen molar-refractivity contribution in [3.63, 3.8) is 0 Å². The molecule has 0 aromatic carbocycles. The van der Waals surface area contributed by atoms with Crippen LogP contribution in [0.3, 0.4) is 0 Å². The summed E-state index contributed by atoms with van der Waals surface area (Å²) in [5.41, 5.74) is 0. The zero-order chi connectivity index (χ0) is 8.69. The second kappa shape index (κ2) is 5.75. The van der Waals surface area contributed by atoms with Crippen molar-refractivity contribution in [2.75, 3.05) is 13.2 Å². The fourth-order valence-electron chi connectivity index (χ4n) is 0.443. The third kappa shape index (κ3) is 6.88. The lowest BCUT2D eigenvalue weighted by Crippen LogP contribution is -2.28. The maximum Gasteiger partial charge on any atom is 0.246 e. The molecule has 3 nitrogen and oxygen atoms in total. The molecule has 0 aliphatic rings. The number of nitrogens with one attached hydrogen (secondary N) is 1. The first-order valence-corrected chi connectivity index (χ1v) is 3.48. The van der Waals surface area contributed by atoms with Gasteiger partial charge in [-0.25, -0.2) is 0 Å². The minimum Gasteiger partial charge on any atom is -0.369 e. The molecule has 1 amide bonds. The molecule has 0 fully saturated rings. The van der Waals surface area contributed by atoms with E-state index in [1.54, 1.807) is 0 Å². The number of terminal acetylenes is 1. The van der Waals surface area contributed by atoms with Crippen LogP contribution >= 0.6 is 0 Å². The second-order valence-electron chi connectivity index (χ2n) is 2.34. The quantitative estimate of drug-likeness (QED) is 0.587. The van der Waals surface area contributed by atoms with Crippen LogP contribution in [0.1, 0.15) is 13.8 Å². The lowest BCUT2D eigenvalue weighted by atomic mass is 10.5. The van der Waals surface area contributed by atoms with E-state index >= 15 is 0 Å². The van der Waals surface area contributed by atoms with Gasteiger partial charge in [0.15, 0.2) is 0 Å². The van der Waals surface area contributed by atoms with Gasteiger partial charge >= 0.3 is 0 Å². The Kier molecular flexibility index (Phi) is 5.22. The first-order valence-electron chi connectivity index (χ1n) is 3.48. The first-order chi connectivity index (χ1) is 5.16. The van der Waals surface area contributed by atoms with Crippen LogP contribution < -0.4 is 5.32 Å². The van der Waals surface area contributed by atoms with Crippen molar-refractivity contribution >= 4 is 5.91 Å². The van der Waals surface area contributed by atoms with Crippen LogP contribution in [-0.2, 0) is 9.53 Å². The monoisotopic (exact) mass is 155 g/mol. The summed E-state index contributed by atoms with van der Waals surface area (Å²) >= 11 is 0. The Balaban J connectivity index is 3.32. The zero-order valence-electron chi connectivity index (χ0n) is 6.89. The molecule has 1 N–H and O–H groups in total. The highest BCUT2D eigenvalue weighted by Crippen LogP contribution is 1.85. The maximum absolute atomic E-state index is 10.8. The minimum atomic E-state index is -0.170. The average molecular weight is 155 g/mol. The lowest BCUT2D eigenvalue weighted by Gasteiger charge is -2.05. The molecular weight excluding hydrogens is 142 g/mol. The molecule has 3 heteroatoms. The van der Waals surface area contributed by atoms with Crippen molar-refractivity contribution in [1.29, 1.82) is 0 Å². The summed E-state index contributed by atoms with van der Waals surface area (Å²) in [7, 11) is 0. The van der Waals surface area contributed by atoms with Crippen LogP contribution in [0.25, 0.3) is 0 Å². The van der Waals surface area contributed by atoms with Crippen molar-refractivity contribution in [3.8, 4) is 12.3 Å². The first kappa shape index (κ1) is 9.99. The third-order valence-corrected chi connectivity index (χ3v) is 0.935. The van der Waals surface area contributed by atoms with E-state index in [0.29, 0.717) is 0 Å². The fraction of sp³-hybridized carbons (Fsp3) is 0.625. The molecule has 0 spiro atoms. The molecule has 0 aromatic heterocycles. The molecule has 0 atom stereocenters. The van der Waals surface area contributed by atoms with E-state index in [2.05, 4.69) is 11.2 Å². The number of carbonyl (C=O) groups is 1. The Labute approximate surface area is 67.1 Å². The van der Waals surface area contributed by atoms with Crippen molar-refractivity contribution in [3.05, 3.63) is 0 Å². The van der Waals surface area contributed by atoms with Gasteiger partial charge in [0, 0.05) is 0 Å². The summed E-state index contributed by atoms with van der Waals surface area (Å²) < 4.78 is 5.02. The van der Waals surface area contributed by atoms with Gasteiger partial charge in [0.05, 0.1) is 12.6 Å². The van der Waals surface area contributed by atoms with Crippen LogP contribution in [0.5, 0.6) is 0 Å². The van der Waals surface area contributed by atoms with Gasteiger partial charge in [0.2, 0.25) is 5.91 Å². The number of hydrogen-bond donors (Lipinski definition) is 1.